The lowest BCUT2D eigenvalue weighted by Gasteiger charge is -2.13. The Balaban J connectivity index is 1.72. The number of urea groups is 1. The van der Waals surface area contributed by atoms with Crippen molar-refractivity contribution in [1.29, 1.82) is 0 Å². The molecule has 1 aliphatic rings. The quantitative estimate of drug-likeness (QED) is 0.514. The van der Waals surface area contributed by atoms with Gasteiger partial charge in [-0.2, -0.15) is 0 Å². The van der Waals surface area contributed by atoms with E-state index in [1.165, 1.54) is 19.3 Å². The van der Waals surface area contributed by atoms with Gasteiger partial charge in [0.05, 0.1) is 7.11 Å². The number of phenols is 1. The number of nitrogens with zero attached hydrogens (tertiary/aromatic N) is 1. The standard InChI is InChI=1S/C21H21N3O5/c1-3-14-6-4-5-7-15(14)22-19(26)12-24-20(27)16(23-21(24)28)10-13-8-9-18(29-2)17(25)11-13/h4-11,25H,3,12H2,1-2H3,(H,22,26)(H,23,28)/b16-10+. The van der Waals surface area contributed by atoms with E-state index < -0.39 is 24.4 Å². The Morgan fingerprint density at radius 1 is 1.24 bits per heavy atom. The molecule has 0 aromatic heterocycles. The smallest absolute Gasteiger partial charge is 0.329 e. The van der Waals surface area contributed by atoms with E-state index in [0.717, 1.165) is 16.9 Å². The number of imide groups is 1. The van der Waals surface area contributed by atoms with E-state index in [2.05, 4.69) is 10.6 Å². The normalized spacial score (nSPS) is 14.8. The molecule has 0 unspecified atom stereocenters. The van der Waals surface area contributed by atoms with E-state index in [-0.39, 0.29) is 11.4 Å². The molecule has 1 fully saturated rings. The van der Waals surface area contributed by atoms with Crippen molar-refractivity contribution in [3.8, 4) is 11.5 Å². The van der Waals surface area contributed by atoms with E-state index >= 15 is 0 Å². The van der Waals surface area contributed by atoms with Gasteiger partial charge in [0.1, 0.15) is 12.2 Å². The number of carbonyl (C=O) groups is 3. The van der Waals surface area contributed by atoms with Crippen molar-refractivity contribution in [3.63, 3.8) is 0 Å². The summed E-state index contributed by atoms with van der Waals surface area (Å²) in [5.74, 6) is -0.897. The van der Waals surface area contributed by atoms with Crippen LogP contribution in [0.3, 0.4) is 0 Å². The second kappa shape index (κ2) is 8.47. The summed E-state index contributed by atoms with van der Waals surface area (Å²) in [6.45, 7) is 1.56. The first-order valence-corrected chi connectivity index (χ1v) is 9.02. The Kier molecular flexibility index (Phi) is 5.82. The maximum Gasteiger partial charge on any atom is 0.329 e. The van der Waals surface area contributed by atoms with Crippen LogP contribution < -0.4 is 15.4 Å². The highest BCUT2D eigenvalue weighted by atomic mass is 16.5. The van der Waals surface area contributed by atoms with Crippen LogP contribution >= 0.6 is 0 Å². The van der Waals surface area contributed by atoms with Crippen molar-refractivity contribution in [3.05, 3.63) is 59.3 Å². The van der Waals surface area contributed by atoms with Crippen LogP contribution in [0.5, 0.6) is 11.5 Å². The van der Waals surface area contributed by atoms with Gasteiger partial charge in [0.15, 0.2) is 11.5 Å². The fourth-order valence-electron chi connectivity index (χ4n) is 2.96. The molecule has 0 aliphatic carbocycles. The van der Waals surface area contributed by atoms with Crippen LogP contribution in [0, 0.1) is 0 Å². The SMILES string of the molecule is CCc1ccccc1NC(=O)CN1C(=O)N/C(=C/c2ccc(OC)c(O)c2)C1=O. The van der Waals surface area contributed by atoms with Crippen molar-refractivity contribution < 1.29 is 24.2 Å². The molecule has 150 valence electrons. The molecule has 0 bridgehead atoms. The van der Waals surface area contributed by atoms with Crippen molar-refractivity contribution in [1.82, 2.24) is 10.2 Å². The Labute approximate surface area is 167 Å². The summed E-state index contributed by atoms with van der Waals surface area (Å²) in [5, 5.41) is 15.0. The molecule has 1 heterocycles. The van der Waals surface area contributed by atoms with E-state index in [0.29, 0.717) is 17.0 Å². The van der Waals surface area contributed by atoms with Crippen molar-refractivity contribution in [2.45, 2.75) is 13.3 Å². The third kappa shape index (κ3) is 4.37. The summed E-state index contributed by atoms with van der Waals surface area (Å²) in [5.41, 5.74) is 2.12. The lowest BCUT2D eigenvalue weighted by Crippen LogP contribution is -2.38. The number of benzene rings is 2. The first-order valence-electron chi connectivity index (χ1n) is 9.02. The van der Waals surface area contributed by atoms with Gasteiger partial charge < -0.3 is 20.5 Å². The molecule has 2 aromatic rings. The minimum Gasteiger partial charge on any atom is -0.504 e. The molecule has 3 N–H and O–H groups in total. The van der Waals surface area contributed by atoms with E-state index in [1.54, 1.807) is 24.3 Å². The van der Waals surface area contributed by atoms with Crippen LogP contribution in [-0.4, -0.2) is 41.5 Å². The summed E-state index contributed by atoms with van der Waals surface area (Å²) in [7, 11) is 1.43. The minimum absolute atomic E-state index is 0.0151. The summed E-state index contributed by atoms with van der Waals surface area (Å²) in [4.78, 5) is 37.9. The van der Waals surface area contributed by atoms with Crippen LogP contribution in [0.25, 0.3) is 6.08 Å². The van der Waals surface area contributed by atoms with Crippen molar-refractivity contribution >= 4 is 29.6 Å². The first-order chi connectivity index (χ1) is 13.9. The molecule has 2 aromatic carbocycles. The van der Waals surface area contributed by atoms with Crippen molar-refractivity contribution in [2.24, 2.45) is 0 Å². The first kappa shape index (κ1) is 19.9. The molecule has 8 nitrogen and oxygen atoms in total. The number of phenolic OH excluding ortho intramolecular Hbond substituents is 1. The average molecular weight is 395 g/mol. The number of methoxy groups -OCH3 is 1. The molecule has 0 saturated carbocycles. The van der Waals surface area contributed by atoms with E-state index in [4.69, 9.17) is 4.74 Å². The van der Waals surface area contributed by atoms with Gasteiger partial charge in [-0.25, -0.2) is 9.69 Å². The molecule has 4 amide bonds. The lowest BCUT2D eigenvalue weighted by molar-refractivity contribution is -0.127. The molecule has 0 radical (unpaired) electrons. The average Bonchev–Trinajstić information content (AvgIpc) is 2.96. The largest absolute Gasteiger partial charge is 0.504 e. The monoisotopic (exact) mass is 395 g/mol. The highest BCUT2D eigenvalue weighted by Crippen LogP contribution is 2.27. The van der Waals surface area contributed by atoms with Gasteiger partial charge in [0.2, 0.25) is 5.91 Å². The molecule has 8 heteroatoms. The van der Waals surface area contributed by atoms with Crippen LogP contribution in [0.1, 0.15) is 18.1 Å². The van der Waals surface area contributed by atoms with Gasteiger partial charge in [0.25, 0.3) is 5.91 Å². The Bertz CT molecular complexity index is 1000. The zero-order valence-electron chi connectivity index (χ0n) is 16.1. The summed E-state index contributed by atoms with van der Waals surface area (Å²) < 4.78 is 4.97. The number of amides is 4. The molecule has 0 spiro atoms. The van der Waals surface area contributed by atoms with E-state index in [9.17, 15) is 19.5 Å². The summed E-state index contributed by atoms with van der Waals surface area (Å²) in [6.07, 6.45) is 2.16. The van der Waals surface area contributed by atoms with Gasteiger partial charge in [-0.1, -0.05) is 31.2 Å². The zero-order chi connectivity index (χ0) is 21.0. The Morgan fingerprint density at radius 3 is 2.69 bits per heavy atom. The maximum absolute atomic E-state index is 12.5. The van der Waals surface area contributed by atoms with Gasteiger partial charge in [-0.3, -0.25) is 9.59 Å². The fraction of sp³-hybridized carbons (Fsp3) is 0.190. The molecular formula is C21H21N3O5. The Hall–Kier alpha value is -3.81. The number of aromatic hydroxyl groups is 1. The highest BCUT2D eigenvalue weighted by molar-refractivity contribution is 6.16. The molecule has 1 saturated heterocycles. The summed E-state index contributed by atoms with van der Waals surface area (Å²) >= 11 is 0. The minimum atomic E-state index is -0.682. The number of para-hydroxylation sites is 1. The van der Waals surface area contributed by atoms with Crippen LogP contribution in [-0.2, 0) is 16.0 Å². The van der Waals surface area contributed by atoms with Gasteiger partial charge in [-0.05, 0) is 41.8 Å². The number of carbonyl (C=O) groups excluding carboxylic acids is 3. The highest BCUT2D eigenvalue weighted by Gasteiger charge is 2.35. The Morgan fingerprint density at radius 2 is 2.00 bits per heavy atom. The molecule has 29 heavy (non-hydrogen) atoms. The molecule has 0 atom stereocenters. The van der Waals surface area contributed by atoms with Crippen LogP contribution in [0.15, 0.2) is 48.2 Å². The number of anilines is 1. The number of nitrogens with one attached hydrogen (secondary N) is 2. The number of ether oxygens (including phenoxy) is 1. The van der Waals surface area contributed by atoms with Gasteiger partial charge >= 0.3 is 6.03 Å². The maximum atomic E-state index is 12.5. The zero-order valence-corrected chi connectivity index (χ0v) is 16.1. The lowest BCUT2D eigenvalue weighted by atomic mass is 10.1. The van der Waals surface area contributed by atoms with Crippen LogP contribution in [0.4, 0.5) is 10.5 Å². The number of hydrogen-bond acceptors (Lipinski definition) is 5. The third-order valence-electron chi connectivity index (χ3n) is 4.45. The van der Waals surface area contributed by atoms with E-state index in [1.807, 2.05) is 19.1 Å². The predicted octanol–water partition coefficient (Wildman–Crippen LogP) is 2.49. The molecular weight excluding hydrogens is 374 g/mol. The number of aryl methyl sites for hydroxylation is 1. The van der Waals surface area contributed by atoms with Gasteiger partial charge in [0, 0.05) is 5.69 Å². The number of hydrogen-bond donors (Lipinski definition) is 3. The second-order valence-corrected chi connectivity index (χ2v) is 6.37. The van der Waals surface area contributed by atoms with Gasteiger partial charge in [-0.15, -0.1) is 0 Å². The molecule has 1 aliphatic heterocycles. The van der Waals surface area contributed by atoms with Crippen molar-refractivity contribution in [2.75, 3.05) is 19.0 Å². The second-order valence-electron chi connectivity index (χ2n) is 6.37. The van der Waals surface area contributed by atoms with Crippen LogP contribution in [0.2, 0.25) is 0 Å². The molecule has 3 rings (SSSR count). The third-order valence-corrected chi connectivity index (χ3v) is 4.45. The number of rotatable bonds is 6. The summed E-state index contributed by atoms with van der Waals surface area (Å²) in [6, 6.07) is 11.2. The fourth-order valence-corrected chi connectivity index (χ4v) is 2.96. The topological polar surface area (TPSA) is 108 Å². The predicted molar refractivity (Wildman–Crippen MR) is 107 cm³/mol.